The Bertz CT molecular complexity index is 1090. The fourth-order valence-electron chi connectivity index (χ4n) is 4.54. The molecule has 0 aliphatic carbocycles. The molecule has 4 nitrogen and oxygen atoms in total. The van der Waals surface area contributed by atoms with E-state index in [-0.39, 0.29) is 23.5 Å². The Morgan fingerprint density at radius 1 is 0.970 bits per heavy atom. The highest BCUT2D eigenvalue weighted by atomic mass is 19.1. The first kappa shape index (κ1) is 22.5. The molecule has 1 fully saturated rings. The van der Waals surface area contributed by atoms with Crippen molar-refractivity contribution in [1.82, 2.24) is 4.90 Å². The van der Waals surface area contributed by atoms with Crippen LogP contribution in [0.2, 0.25) is 0 Å². The Morgan fingerprint density at radius 2 is 1.55 bits per heavy atom. The maximum atomic E-state index is 13.6. The number of aryl methyl sites for hydroxylation is 1. The molecule has 1 aliphatic rings. The van der Waals surface area contributed by atoms with Crippen LogP contribution >= 0.6 is 0 Å². The number of hydrogen-bond donors (Lipinski definition) is 1. The molecule has 0 aromatic heterocycles. The second kappa shape index (κ2) is 10.3. The number of nitrogens with one attached hydrogen (secondary N) is 1. The van der Waals surface area contributed by atoms with Gasteiger partial charge in [0.2, 0.25) is 12.2 Å². The number of nitrogens with zero attached hydrogens (tertiary/aromatic N) is 3. The van der Waals surface area contributed by atoms with E-state index in [1.54, 1.807) is 24.3 Å². The summed E-state index contributed by atoms with van der Waals surface area (Å²) in [6.07, 6.45) is 3.80. The van der Waals surface area contributed by atoms with Gasteiger partial charge in [-0.05, 0) is 73.2 Å². The van der Waals surface area contributed by atoms with Crippen molar-refractivity contribution in [2.24, 2.45) is 10.9 Å². The molecule has 0 radical (unpaired) electrons. The number of benzene rings is 3. The molecule has 1 unspecified atom stereocenters. The average Bonchev–Trinajstić information content (AvgIpc) is 2.83. The SMILES string of the molecule is Cc1ccc(NC(=NC#N)N2CCCC(C(c3ccc(F)cc3)c3ccc(F)cc3)C2)cc1. The molecule has 3 aromatic rings. The van der Waals surface area contributed by atoms with E-state index in [0.717, 1.165) is 41.8 Å². The van der Waals surface area contributed by atoms with Gasteiger partial charge in [-0.15, -0.1) is 4.99 Å². The number of piperidine rings is 1. The number of anilines is 1. The van der Waals surface area contributed by atoms with Crippen molar-refractivity contribution < 1.29 is 8.78 Å². The lowest BCUT2D eigenvalue weighted by Gasteiger charge is -2.38. The standard InChI is InChI=1S/C27H26F2N4/c1-19-4-14-25(15-5-19)32-27(31-18-30)33-16-2-3-22(17-33)26(20-6-10-23(28)11-7-20)21-8-12-24(29)13-9-21/h4-15,22,26H,2-3,16-17H2,1H3,(H,31,32). The van der Waals surface area contributed by atoms with Crippen LogP contribution in [0.4, 0.5) is 14.5 Å². The average molecular weight is 445 g/mol. The third kappa shape index (κ3) is 5.56. The first-order valence-electron chi connectivity index (χ1n) is 11.1. The summed E-state index contributed by atoms with van der Waals surface area (Å²) >= 11 is 0. The van der Waals surface area contributed by atoms with E-state index in [4.69, 9.17) is 0 Å². The summed E-state index contributed by atoms with van der Waals surface area (Å²) in [7, 11) is 0. The highest BCUT2D eigenvalue weighted by Crippen LogP contribution is 2.37. The highest BCUT2D eigenvalue weighted by Gasteiger charge is 2.31. The first-order chi connectivity index (χ1) is 16.0. The number of rotatable bonds is 4. The summed E-state index contributed by atoms with van der Waals surface area (Å²) in [5.41, 5.74) is 3.99. The predicted molar refractivity (Wildman–Crippen MR) is 127 cm³/mol. The lowest BCUT2D eigenvalue weighted by Crippen LogP contribution is -2.44. The summed E-state index contributed by atoms with van der Waals surface area (Å²) in [4.78, 5) is 6.16. The number of halogens is 2. The molecule has 1 N–H and O–H groups in total. The molecule has 4 rings (SSSR count). The normalized spacial score (nSPS) is 16.5. The van der Waals surface area contributed by atoms with E-state index in [1.165, 1.54) is 24.3 Å². The van der Waals surface area contributed by atoms with Crippen LogP contribution in [0.25, 0.3) is 0 Å². The van der Waals surface area contributed by atoms with Gasteiger partial charge in [0.1, 0.15) is 11.6 Å². The third-order valence-corrected chi connectivity index (χ3v) is 6.15. The Balaban J connectivity index is 1.62. The Morgan fingerprint density at radius 3 is 2.09 bits per heavy atom. The molecule has 1 atom stereocenters. The first-order valence-corrected chi connectivity index (χ1v) is 11.1. The van der Waals surface area contributed by atoms with Crippen molar-refractivity contribution in [3.05, 3.63) is 101 Å². The topological polar surface area (TPSA) is 51.4 Å². The van der Waals surface area contributed by atoms with Gasteiger partial charge < -0.3 is 10.2 Å². The van der Waals surface area contributed by atoms with Gasteiger partial charge in [-0.25, -0.2) is 8.78 Å². The smallest absolute Gasteiger partial charge is 0.214 e. The minimum Gasteiger partial charge on any atom is -0.341 e. The van der Waals surface area contributed by atoms with Gasteiger partial charge in [0.15, 0.2) is 0 Å². The Hall–Kier alpha value is -3.72. The number of guanidine groups is 1. The Labute approximate surface area is 193 Å². The molecule has 0 bridgehead atoms. The van der Waals surface area contributed by atoms with Crippen LogP contribution in [-0.2, 0) is 0 Å². The van der Waals surface area contributed by atoms with Crippen LogP contribution in [-0.4, -0.2) is 23.9 Å². The zero-order valence-electron chi connectivity index (χ0n) is 18.5. The fourth-order valence-corrected chi connectivity index (χ4v) is 4.54. The summed E-state index contributed by atoms with van der Waals surface area (Å²) in [5, 5.41) is 12.6. The summed E-state index contributed by atoms with van der Waals surface area (Å²) in [5.74, 6) is 0.0957. The molecular weight excluding hydrogens is 418 g/mol. The van der Waals surface area contributed by atoms with E-state index >= 15 is 0 Å². The van der Waals surface area contributed by atoms with Crippen LogP contribution in [0.1, 0.15) is 35.4 Å². The quantitative estimate of drug-likeness (QED) is 0.302. The predicted octanol–water partition coefficient (Wildman–Crippen LogP) is 6.07. The molecule has 1 saturated heterocycles. The lowest BCUT2D eigenvalue weighted by atomic mass is 9.77. The van der Waals surface area contributed by atoms with Gasteiger partial charge in [0.25, 0.3) is 0 Å². The molecule has 0 saturated carbocycles. The number of nitriles is 1. The maximum Gasteiger partial charge on any atom is 0.214 e. The van der Waals surface area contributed by atoms with Crippen LogP contribution in [0.3, 0.4) is 0 Å². The summed E-state index contributed by atoms with van der Waals surface area (Å²) in [6.45, 7) is 3.46. The van der Waals surface area contributed by atoms with E-state index in [1.807, 2.05) is 37.4 Å². The fraction of sp³-hybridized carbons (Fsp3) is 0.259. The van der Waals surface area contributed by atoms with E-state index in [0.29, 0.717) is 12.5 Å². The number of aliphatic imine (C=N–C) groups is 1. The maximum absolute atomic E-state index is 13.6. The molecule has 6 heteroatoms. The van der Waals surface area contributed by atoms with Crippen LogP contribution in [0, 0.1) is 35.9 Å². The van der Waals surface area contributed by atoms with Gasteiger partial charge >= 0.3 is 0 Å². The molecule has 0 spiro atoms. The van der Waals surface area contributed by atoms with Gasteiger partial charge in [-0.1, -0.05) is 42.0 Å². The monoisotopic (exact) mass is 444 g/mol. The van der Waals surface area contributed by atoms with Crippen LogP contribution < -0.4 is 5.32 Å². The van der Waals surface area contributed by atoms with Crippen molar-refractivity contribution >= 4 is 11.6 Å². The molecule has 33 heavy (non-hydrogen) atoms. The van der Waals surface area contributed by atoms with E-state index < -0.39 is 0 Å². The second-order valence-electron chi connectivity index (χ2n) is 8.46. The van der Waals surface area contributed by atoms with Gasteiger partial charge in [-0.3, -0.25) is 0 Å². The van der Waals surface area contributed by atoms with Crippen molar-refractivity contribution in [2.45, 2.75) is 25.7 Å². The number of likely N-dealkylation sites (tertiary alicyclic amines) is 1. The Kier molecular flexibility index (Phi) is 6.99. The molecule has 1 heterocycles. The molecule has 1 aliphatic heterocycles. The lowest BCUT2D eigenvalue weighted by molar-refractivity contribution is 0.240. The molecule has 0 amide bonds. The zero-order valence-corrected chi connectivity index (χ0v) is 18.5. The largest absolute Gasteiger partial charge is 0.341 e. The number of hydrogen-bond acceptors (Lipinski definition) is 2. The summed E-state index contributed by atoms with van der Waals surface area (Å²) in [6, 6.07) is 21.0. The minimum absolute atomic E-state index is 0.0308. The van der Waals surface area contributed by atoms with Crippen molar-refractivity contribution in [3.63, 3.8) is 0 Å². The van der Waals surface area contributed by atoms with Crippen molar-refractivity contribution in [1.29, 1.82) is 5.26 Å². The summed E-state index contributed by atoms with van der Waals surface area (Å²) < 4.78 is 27.2. The van der Waals surface area contributed by atoms with E-state index in [2.05, 4.69) is 15.2 Å². The molecule has 3 aromatic carbocycles. The second-order valence-corrected chi connectivity index (χ2v) is 8.46. The van der Waals surface area contributed by atoms with Gasteiger partial charge in [-0.2, -0.15) is 5.26 Å². The zero-order chi connectivity index (χ0) is 23.2. The molecule has 168 valence electrons. The highest BCUT2D eigenvalue weighted by molar-refractivity contribution is 5.94. The van der Waals surface area contributed by atoms with Crippen molar-refractivity contribution in [2.75, 3.05) is 18.4 Å². The van der Waals surface area contributed by atoms with Gasteiger partial charge in [0, 0.05) is 24.7 Å². The van der Waals surface area contributed by atoms with Crippen LogP contribution in [0.5, 0.6) is 0 Å². The minimum atomic E-state index is -0.285. The van der Waals surface area contributed by atoms with E-state index in [9.17, 15) is 14.0 Å². The van der Waals surface area contributed by atoms with Crippen LogP contribution in [0.15, 0.2) is 77.8 Å². The van der Waals surface area contributed by atoms with Gasteiger partial charge in [0.05, 0.1) is 0 Å². The third-order valence-electron chi connectivity index (χ3n) is 6.15. The molecular formula is C27H26F2N4. The van der Waals surface area contributed by atoms with Crippen molar-refractivity contribution in [3.8, 4) is 6.19 Å².